The van der Waals surface area contributed by atoms with Gasteiger partial charge < -0.3 is 5.32 Å². The second kappa shape index (κ2) is 5.35. The van der Waals surface area contributed by atoms with E-state index in [1.807, 2.05) is 5.51 Å². The van der Waals surface area contributed by atoms with Gasteiger partial charge in [0.2, 0.25) is 0 Å². The van der Waals surface area contributed by atoms with Crippen LogP contribution in [0.3, 0.4) is 0 Å². The van der Waals surface area contributed by atoms with Crippen molar-refractivity contribution < 1.29 is 0 Å². The molecule has 1 atom stereocenters. The molecule has 0 aliphatic carbocycles. The van der Waals surface area contributed by atoms with E-state index in [9.17, 15) is 0 Å². The molecule has 74 valence electrons. The summed E-state index contributed by atoms with van der Waals surface area (Å²) in [5, 5.41) is 3.48. The number of hydrogen-bond donors (Lipinski definition) is 1. The summed E-state index contributed by atoms with van der Waals surface area (Å²) in [7, 11) is 0. The van der Waals surface area contributed by atoms with Crippen molar-refractivity contribution in [2.75, 3.05) is 0 Å². The fourth-order valence-electron chi connectivity index (χ4n) is 1.14. The number of nitrogens with one attached hydrogen (secondary N) is 1. The second-order valence-electron chi connectivity index (χ2n) is 3.27. The van der Waals surface area contributed by atoms with Crippen LogP contribution in [0.4, 0.5) is 0 Å². The summed E-state index contributed by atoms with van der Waals surface area (Å²) < 4.78 is 0. The molecule has 0 aromatic carbocycles. The standard InChI is InChI=1S/C10H18N2S/c1-4-8(3)11-6-10-9(5-2)12-7-13-10/h7-8,11H,4-6H2,1-3H3. The van der Waals surface area contributed by atoms with Gasteiger partial charge in [-0.05, 0) is 19.8 Å². The summed E-state index contributed by atoms with van der Waals surface area (Å²) in [5.41, 5.74) is 3.19. The van der Waals surface area contributed by atoms with E-state index in [4.69, 9.17) is 0 Å². The Morgan fingerprint density at radius 2 is 2.31 bits per heavy atom. The van der Waals surface area contributed by atoms with Crippen molar-refractivity contribution in [1.82, 2.24) is 10.3 Å². The Kier molecular flexibility index (Phi) is 4.39. The van der Waals surface area contributed by atoms with Gasteiger partial charge in [0.05, 0.1) is 11.2 Å². The minimum Gasteiger partial charge on any atom is -0.309 e. The topological polar surface area (TPSA) is 24.9 Å². The molecule has 0 bridgehead atoms. The molecule has 1 N–H and O–H groups in total. The molecular weight excluding hydrogens is 180 g/mol. The average molecular weight is 198 g/mol. The summed E-state index contributed by atoms with van der Waals surface area (Å²) in [5.74, 6) is 0. The first-order valence-corrected chi connectivity index (χ1v) is 5.80. The van der Waals surface area contributed by atoms with Crippen molar-refractivity contribution in [3.05, 3.63) is 16.1 Å². The molecule has 0 saturated carbocycles. The predicted molar refractivity (Wildman–Crippen MR) is 58.1 cm³/mol. The molecule has 0 spiro atoms. The van der Waals surface area contributed by atoms with Crippen molar-refractivity contribution in [2.24, 2.45) is 0 Å². The second-order valence-corrected chi connectivity index (χ2v) is 4.21. The third-order valence-corrected chi connectivity index (χ3v) is 3.16. The van der Waals surface area contributed by atoms with E-state index in [-0.39, 0.29) is 0 Å². The van der Waals surface area contributed by atoms with Crippen LogP contribution in [-0.2, 0) is 13.0 Å². The van der Waals surface area contributed by atoms with Crippen LogP contribution in [0.15, 0.2) is 5.51 Å². The van der Waals surface area contributed by atoms with Crippen LogP contribution >= 0.6 is 11.3 Å². The van der Waals surface area contributed by atoms with Gasteiger partial charge in [0.25, 0.3) is 0 Å². The molecule has 2 nitrogen and oxygen atoms in total. The Morgan fingerprint density at radius 3 is 2.92 bits per heavy atom. The number of thiazole rings is 1. The maximum atomic E-state index is 4.32. The van der Waals surface area contributed by atoms with Gasteiger partial charge in [-0.1, -0.05) is 13.8 Å². The van der Waals surface area contributed by atoms with E-state index in [1.165, 1.54) is 17.0 Å². The van der Waals surface area contributed by atoms with Gasteiger partial charge in [-0.3, -0.25) is 0 Å². The summed E-state index contributed by atoms with van der Waals surface area (Å²) in [6.07, 6.45) is 2.22. The maximum Gasteiger partial charge on any atom is 0.0798 e. The summed E-state index contributed by atoms with van der Waals surface area (Å²) in [6, 6.07) is 0.604. The molecule has 13 heavy (non-hydrogen) atoms. The van der Waals surface area contributed by atoms with E-state index in [0.29, 0.717) is 6.04 Å². The zero-order valence-corrected chi connectivity index (χ0v) is 9.45. The Hall–Kier alpha value is -0.410. The van der Waals surface area contributed by atoms with Gasteiger partial charge in [-0.25, -0.2) is 4.98 Å². The smallest absolute Gasteiger partial charge is 0.0798 e. The highest BCUT2D eigenvalue weighted by molar-refractivity contribution is 7.09. The third-order valence-electron chi connectivity index (χ3n) is 2.28. The minimum absolute atomic E-state index is 0.604. The van der Waals surface area contributed by atoms with Gasteiger partial charge in [0.1, 0.15) is 0 Å². The number of aromatic nitrogens is 1. The van der Waals surface area contributed by atoms with Gasteiger partial charge in [0.15, 0.2) is 0 Å². The summed E-state index contributed by atoms with van der Waals surface area (Å²) in [6.45, 7) is 7.54. The number of aryl methyl sites for hydroxylation is 1. The van der Waals surface area contributed by atoms with Crippen LogP contribution in [0.1, 0.15) is 37.8 Å². The SMILES string of the molecule is CCc1ncsc1CNC(C)CC. The lowest BCUT2D eigenvalue weighted by atomic mass is 10.2. The molecule has 1 rings (SSSR count). The van der Waals surface area contributed by atoms with Crippen molar-refractivity contribution in [1.29, 1.82) is 0 Å². The van der Waals surface area contributed by atoms with Crippen LogP contribution in [0, 0.1) is 0 Å². The average Bonchev–Trinajstić information content (AvgIpc) is 2.61. The molecule has 3 heteroatoms. The molecule has 1 unspecified atom stereocenters. The van der Waals surface area contributed by atoms with Crippen molar-refractivity contribution >= 4 is 11.3 Å². The molecule has 0 aliphatic heterocycles. The van der Waals surface area contributed by atoms with Gasteiger partial charge in [0, 0.05) is 17.5 Å². The summed E-state index contributed by atoms with van der Waals surface area (Å²) in [4.78, 5) is 5.71. The van der Waals surface area contributed by atoms with Crippen LogP contribution in [0.25, 0.3) is 0 Å². The molecule has 1 heterocycles. The molecule has 0 saturated heterocycles. The third kappa shape index (κ3) is 3.08. The first-order valence-electron chi connectivity index (χ1n) is 4.92. The number of hydrogen-bond acceptors (Lipinski definition) is 3. The first-order chi connectivity index (χ1) is 6.27. The van der Waals surface area contributed by atoms with Gasteiger partial charge >= 0.3 is 0 Å². The minimum atomic E-state index is 0.604. The monoisotopic (exact) mass is 198 g/mol. The van der Waals surface area contributed by atoms with Gasteiger partial charge in [-0.2, -0.15) is 0 Å². The fraction of sp³-hybridized carbons (Fsp3) is 0.700. The lowest BCUT2D eigenvalue weighted by Crippen LogP contribution is -2.24. The van der Waals surface area contributed by atoms with Crippen LogP contribution in [0.5, 0.6) is 0 Å². The fourth-order valence-corrected chi connectivity index (χ4v) is 1.94. The zero-order valence-electron chi connectivity index (χ0n) is 8.63. The Balaban J connectivity index is 2.44. The Morgan fingerprint density at radius 1 is 1.54 bits per heavy atom. The van der Waals surface area contributed by atoms with Crippen LogP contribution in [0.2, 0.25) is 0 Å². The van der Waals surface area contributed by atoms with Crippen LogP contribution < -0.4 is 5.32 Å². The number of nitrogens with zero attached hydrogens (tertiary/aromatic N) is 1. The largest absolute Gasteiger partial charge is 0.309 e. The van der Waals surface area contributed by atoms with Gasteiger partial charge in [-0.15, -0.1) is 11.3 Å². The predicted octanol–water partition coefficient (Wildman–Crippen LogP) is 2.59. The Labute approximate surface area is 84.4 Å². The van der Waals surface area contributed by atoms with Crippen molar-refractivity contribution in [3.63, 3.8) is 0 Å². The molecule has 1 aromatic heterocycles. The van der Waals surface area contributed by atoms with E-state index in [1.54, 1.807) is 11.3 Å². The quantitative estimate of drug-likeness (QED) is 0.786. The highest BCUT2D eigenvalue weighted by Crippen LogP contribution is 2.13. The normalized spacial score (nSPS) is 13.2. The van der Waals surface area contributed by atoms with E-state index in [0.717, 1.165) is 13.0 Å². The lowest BCUT2D eigenvalue weighted by Gasteiger charge is -2.10. The van der Waals surface area contributed by atoms with Crippen molar-refractivity contribution in [2.45, 2.75) is 46.2 Å². The van der Waals surface area contributed by atoms with E-state index < -0.39 is 0 Å². The molecular formula is C10H18N2S. The molecule has 0 aliphatic rings. The van der Waals surface area contributed by atoms with Crippen LogP contribution in [-0.4, -0.2) is 11.0 Å². The molecule has 0 fully saturated rings. The van der Waals surface area contributed by atoms with Crippen molar-refractivity contribution in [3.8, 4) is 0 Å². The summed E-state index contributed by atoms with van der Waals surface area (Å²) >= 11 is 1.75. The lowest BCUT2D eigenvalue weighted by molar-refractivity contribution is 0.535. The molecule has 0 amide bonds. The molecule has 0 radical (unpaired) electrons. The highest BCUT2D eigenvalue weighted by atomic mass is 32.1. The van der Waals surface area contributed by atoms with E-state index in [2.05, 4.69) is 31.1 Å². The maximum absolute atomic E-state index is 4.32. The molecule has 1 aromatic rings. The highest BCUT2D eigenvalue weighted by Gasteiger charge is 2.04. The zero-order chi connectivity index (χ0) is 9.68. The van der Waals surface area contributed by atoms with E-state index >= 15 is 0 Å². The Bertz CT molecular complexity index is 245. The number of rotatable bonds is 5. The first kappa shape index (κ1) is 10.7.